The average Bonchev–Trinajstić information content (AvgIpc) is 2.66. The monoisotopic (exact) mass is 518 g/mol. The van der Waals surface area contributed by atoms with Gasteiger partial charge in [0.2, 0.25) is 0 Å². The second kappa shape index (κ2) is 13.5. The summed E-state index contributed by atoms with van der Waals surface area (Å²) in [4.78, 5) is 0. The SMILES string of the molecule is CCCC1C[C@H](C)C[C@H](CC2CCC[C@H](C[C@@H](C)/C=C/[C@H](C)[C@@H](O)/C=C/I)O2)O1. The van der Waals surface area contributed by atoms with Crippen molar-refractivity contribution in [3.8, 4) is 0 Å². The summed E-state index contributed by atoms with van der Waals surface area (Å²) in [6, 6.07) is 0. The van der Waals surface area contributed by atoms with E-state index in [4.69, 9.17) is 9.47 Å². The van der Waals surface area contributed by atoms with Gasteiger partial charge in [-0.25, -0.2) is 0 Å². The van der Waals surface area contributed by atoms with Crippen molar-refractivity contribution in [2.75, 3.05) is 0 Å². The van der Waals surface area contributed by atoms with Crippen molar-refractivity contribution in [3.05, 3.63) is 22.3 Å². The fraction of sp³-hybridized carbons (Fsp3) is 0.840. The molecule has 2 aliphatic rings. The van der Waals surface area contributed by atoms with Gasteiger partial charge in [-0.1, -0.05) is 68.9 Å². The molecular formula is C25H43IO3. The first-order chi connectivity index (χ1) is 13.9. The molecule has 2 saturated heterocycles. The first-order valence-corrected chi connectivity index (χ1v) is 13.1. The Morgan fingerprint density at radius 2 is 1.69 bits per heavy atom. The van der Waals surface area contributed by atoms with E-state index in [9.17, 15) is 5.11 Å². The van der Waals surface area contributed by atoms with Crippen LogP contribution in [0.1, 0.15) is 85.5 Å². The van der Waals surface area contributed by atoms with E-state index < -0.39 is 6.10 Å². The molecule has 1 N–H and O–H groups in total. The van der Waals surface area contributed by atoms with Crippen LogP contribution >= 0.6 is 22.6 Å². The molecule has 0 saturated carbocycles. The van der Waals surface area contributed by atoms with Gasteiger partial charge in [0.05, 0.1) is 30.5 Å². The minimum absolute atomic E-state index is 0.144. The standard InChI is InChI=1S/C25H43IO3/c1-5-7-21-15-19(3)16-24(29-21)17-23-9-6-8-22(28-23)14-18(2)10-11-20(4)25(27)12-13-26/h10-13,18-25,27H,5-9,14-17H2,1-4H3/b11-10+,13-12+/t18-,19-,20-,21?,22+,23?,24+,25-/m0/s1. The summed E-state index contributed by atoms with van der Waals surface area (Å²) in [5.41, 5.74) is 0. The molecule has 0 aromatic rings. The second-order valence-corrected chi connectivity index (χ2v) is 10.3. The fourth-order valence-electron chi connectivity index (χ4n) is 4.88. The Hall–Kier alpha value is 0.0900. The van der Waals surface area contributed by atoms with Gasteiger partial charge in [0, 0.05) is 5.92 Å². The topological polar surface area (TPSA) is 38.7 Å². The summed E-state index contributed by atoms with van der Waals surface area (Å²) >= 11 is 2.15. The Morgan fingerprint density at radius 3 is 2.41 bits per heavy atom. The highest BCUT2D eigenvalue weighted by Gasteiger charge is 2.31. The van der Waals surface area contributed by atoms with E-state index in [1.807, 2.05) is 10.2 Å². The van der Waals surface area contributed by atoms with Crippen molar-refractivity contribution in [1.29, 1.82) is 0 Å². The number of hydrogen-bond acceptors (Lipinski definition) is 3. The van der Waals surface area contributed by atoms with E-state index in [1.54, 1.807) is 0 Å². The minimum atomic E-state index is -0.403. The first-order valence-electron chi connectivity index (χ1n) is 11.8. The predicted molar refractivity (Wildman–Crippen MR) is 130 cm³/mol. The van der Waals surface area contributed by atoms with Gasteiger partial charge >= 0.3 is 0 Å². The summed E-state index contributed by atoms with van der Waals surface area (Å²) in [5, 5.41) is 10.0. The van der Waals surface area contributed by atoms with Gasteiger partial charge in [-0.2, -0.15) is 0 Å². The van der Waals surface area contributed by atoms with Crippen LogP contribution < -0.4 is 0 Å². The normalized spacial score (nSPS) is 34.5. The van der Waals surface area contributed by atoms with Crippen molar-refractivity contribution in [1.82, 2.24) is 0 Å². The predicted octanol–water partition coefficient (Wildman–Crippen LogP) is 6.83. The number of hydrogen-bond donors (Lipinski definition) is 1. The van der Waals surface area contributed by atoms with E-state index in [0.29, 0.717) is 30.3 Å². The summed E-state index contributed by atoms with van der Waals surface area (Å²) < 4.78 is 14.8. The highest BCUT2D eigenvalue weighted by molar-refractivity contribution is 14.1. The maximum Gasteiger partial charge on any atom is 0.0788 e. The van der Waals surface area contributed by atoms with Crippen LogP contribution in [-0.4, -0.2) is 35.6 Å². The van der Waals surface area contributed by atoms with Gasteiger partial charge in [0.1, 0.15) is 0 Å². The van der Waals surface area contributed by atoms with Gasteiger partial charge in [-0.05, 0) is 73.4 Å². The van der Waals surface area contributed by atoms with Gasteiger partial charge in [-0.15, -0.1) is 0 Å². The lowest BCUT2D eigenvalue weighted by Crippen LogP contribution is -2.37. The molecule has 4 heteroatoms. The third kappa shape index (κ3) is 9.40. The average molecular weight is 519 g/mol. The number of aliphatic hydroxyl groups excluding tert-OH is 1. The lowest BCUT2D eigenvalue weighted by Gasteiger charge is -2.38. The lowest BCUT2D eigenvalue weighted by atomic mass is 9.88. The quantitative estimate of drug-likeness (QED) is 0.255. The summed E-state index contributed by atoms with van der Waals surface area (Å²) in [6.07, 6.45) is 18.0. The third-order valence-corrected chi connectivity index (χ3v) is 6.89. The zero-order chi connectivity index (χ0) is 21.2. The van der Waals surface area contributed by atoms with Gasteiger partial charge < -0.3 is 14.6 Å². The van der Waals surface area contributed by atoms with Gasteiger partial charge in [-0.3, -0.25) is 0 Å². The summed E-state index contributed by atoms with van der Waals surface area (Å²) in [7, 11) is 0. The number of rotatable bonds is 10. The van der Waals surface area contributed by atoms with E-state index in [-0.39, 0.29) is 5.92 Å². The van der Waals surface area contributed by atoms with Gasteiger partial charge in [0.25, 0.3) is 0 Å². The van der Waals surface area contributed by atoms with Crippen molar-refractivity contribution in [2.24, 2.45) is 17.8 Å². The molecule has 168 valence electrons. The maximum absolute atomic E-state index is 10.0. The lowest BCUT2D eigenvalue weighted by molar-refractivity contribution is -0.118. The molecule has 8 atom stereocenters. The Balaban J connectivity index is 1.78. The Kier molecular flexibility index (Phi) is 11.8. The van der Waals surface area contributed by atoms with Crippen molar-refractivity contribution in [2.45, 2.75) is 116 Å². The molecule has 2 fully saturated rings. The van der Waals surface area contributed by atoms with Crippen LogP contribution in [0.3, 0.4) is 0 Å². The van der Waals surface area contributed by atoms with Crippen LogP contribution in [0, 0.1) is 17.8 Å². The molecule has 2 heterocycles. The summed E-state index contributed by atoms with van der Waals surface area (Å²) in [5.74, 6) is 1.39. The molecule has 0 spiro atoms. The van der Waals surface area contributed by atoms with Crippen molar-refractivity contribution < 1.29 is 14.6 Å². The number of halogens is 1. The number of aliphatic hydroxyl groups is 1. The zero-order valence-electron chi connectivity index (χ0n) is 18.9. The first kappa shape index (κ1) is 25.4. The molecule has 2 unspecified atom stereocenters. The number of ether oxygens (including phenoxy) is 2. The maximum atomic E-state index is 10.0. The second-order valence-electron chi connectivity index (χ2n) is 9.56. The molecule has 0 radical (unpaired) electrons. The fourth-order valence-corrected chi connectivity index (χ4v) is 5.31. The van der Waals surface area contributed by atoms with E-state index in [1.165, 1.54) is 44.9 Å². The molecule has 29 heavy (non-hydrogen) atoms. The molecule has 2 rings (SSSR count). The third-order valence-electron chi connectivity index (χ3n) is 6.48. The highest BCUT2D eigenvalue weighted by Crippen LogP contribution is 2.33. The molecule has 0 aliphatic carbocycles. The molecule has 2 aliphatic heterocycles. The number of allylic oxidation sites excluding steroid dienone is 1. The van der Waals surface area contributed by atoms with Gasteiger partial charge in [0.15, 0.2) is 0 Å². The molecule has 0 aromatic heterocycles. The molecule has 0 bridgehead atoms. The van der Waals surface area contributed by atoms with Crippen LogP contribution in [0.15, 0.2) is 22.3 Å². The van der Waals surface area contributed by atoms with Crippen molar-refractivity contribution >= 4 is 22.6 Å². The highest BCUT2D eigenvalue weighted by atomic mass is 127. The Bertz CT molecular complexity index is 506. The van der Waals surface area contributed by atoms with Crippen LogP contribution in [-0.2, 0) is 9.47 Å². The van der Waals surface area contributed by atoms with Crippen LogP contribution in [0.4, 0.5) is 0 Å². The smallest absolute Gasteiger partial charge is 0.0788 e. The summed E-state index contributed by atoms with van der Waals surface area (Å²) in [6.45, 7) is 8.96. The zero-order valence-corrected chi connectivity index (χ0v) is 21.1. The Morgan fingerprint density at radius 1 is 1.00 bits per heavy atom. The van der Waals surface area contributed by atoms with E-state index >= 15 is 0 Å². The molecule has 0 amide bonds. The van der Waals surface area contributed by atoms with Crippen LogP contribution in [0.25, 0.3) is 0 Å². The Labute approximate surface area is 192 Å². The van der Waals surface area contributed by atoms with Crippen LogP contribution in [0.5, 0.6) is 0 Å². The molecular weight excluding hydrogens is 475 g/mol. The largest absolute Gasteiger partial charge is 0.388 e. The molecule has 0 aromatic carbocycles. The molecule has 3 nitrogen and oxygen atoms in total. The van der Waals surface area contributed by atoms with E-state index in [0.717, 1.165) is 18.8 Å². The van der Waals surface area contributed by atoms with E-state index in [2.05, 4.69) is 62.4 Å². The minimum Gasteiger partial charge on any atom is -0.388 e. The van der Waals surface area contributed by atoms with Crippen LogP contribution in [0.2, 0.25) is 0 Å². The van der Waals surface area contributed by atoms with Crippen molar-refractivity contribution in [3.63, 3.8) is 0 Å².